The molecule has 1 aliphatic carbocycles. The van der Waals surface area contributed by atoms with Crippen molar-refractivity contribution in [3.63, 3.8) is 0 Å². The highest BCUT2D eigenvalue weighted by atomic mass is 16.6. The number of aromatic hydroxyl groups is 1. The van der Waals surface area contributed by atoms with E-state index < -0.39 is 22.3 Å². The van der Waals surface area contributed by atoms with Crippen LogP contribution in [0.25, 0.3) is 0 Å². The molecule has 6 nitrogen and oxygen atoms in total. The Kier molecular flexibility index (Phi) is 4.55. The van der Waals surface area contributed by atoms with Gasteiger partial charge in [-0.15, -0.1) is 0 Å². The molecule has 2 rings (SSSR count). The highest BCUT2D eigenvalue weighted by Gasteiger charge is 2.23. The maximum Gasteiger partial charge on any atom is 0.311 e. The smallest absolute Gasteiger partial charge is 0.311 e. The Morgan fingerprint density at radius 3 is 2.50 bits per heavy atom. The first kappa shape index (κ1) is 14.3. The molecule has 0 heterocycles. The first-order valence-corrected chi connectivity index (χ1v) is 6.87. The Balaban J connectivity index is 2.12. The third-order valence-corrected chi connectivity index (χ3v) is 3.65. The Morgan fingerprint density at radius 1 is 1.25 bits per heavy atom. The number of nitrogens with zero attached hydrogens (tertiary/aromatic N) is 1. The predicted octanol–water partition coefficient (Wildman–Crippen LogP) is 2.75. The third-order valence-electron chi connectivity index (χ3n) is 3.65. The lowest BCUT2D eigenvalue weighted by Gasteiger charge is -2.16. The van der Waals surface area contributed by atoms with E-state index in [4.69, 9.17) is 0 Å². The van der Waals surface area contributed by atoms with Crippen LogP contribution in [0.3, 0.4) is 0 Å². The molecule has 1 amide bonds. The van der Waals surface area contributed by atoms with Crippen molar-refractivity contribution in [2.45, 2.75) is 44.6 Å². The molecule has 0 saturated heterocycles. The lowest BCUT2D eigenvalue weighted by Crippen LogP contribution is -2.34. The summed E-state index contributed by atoms with van der Waals surface area (Å²) in [6.07, 6.45) is 6.34. The van der Waals surface area contributed by atoms with Crippen LogP contribution in [-0.2, 0) is 0 Å². The number of rotatable bonds is 3. The van der Waals surface area contributed by atoms with Gasteiger partial charge in [-0.1, -0.05) is 31.7 Å². The number of benzene rings is 1. The molecule has 1 aromatic carbocycles. The van der Waals surface area contributed by atoms with Crippen molar-refractivity contribution in [2.24, 2.45) is 0 Å². The van der Waals surface area contributed by atoms with Crippen LogP contribution in [0.5, 0.6) is 5.75 Å². The summed E-state index contributed by atoms with van der Waals surface area (Å²) in [7, 11) is 0. The fourth-order valence-corrected chi connectivity index (χ4v) is 2.55. The van der Waals surface area contributed by atoms with Crippen molar-refractivity contribution >= 4 is 11.6 Å². The van der Waals surface area contributed by atoms with Crippen LogP contribution in [0.15, 0.2) is 18.2 Å². The van der Waals surface area contributed by atoms with E-state index in [2.05, 4.69) is 5.32 Å². The number of hydrogen-bond acceptors (Lipinski definition) is 4. The lowest BCUT2D eigenvalue weighted by atomic mass is 10.1. The van der Waals surface area contributed by atoms with Gasteiger partial charge in [-0.05, 0) is 18.9 Å². The fourth-order valence-electron chi connectivity index (χ4n) is 2.55. The molecule has 0 aliphatic heterocycles. The minimum Gasteiger partial charge on any atom is -0.502 e. The second-order valence-corrected chi connectivity index (χ2v) is 5.09. The molecule has 6 heteroatoms. The number of nitro benzene ring substituents is 1. The molecule has 20 heavy (non-hydrogen) atoms. The number of carbonyl (C=O) groups excluding carboxylic acids is 1. The highest BCUT2D eigenvalue weighted by molar-refractivity contribution is 5.98. The van der Waals surface area contributed by atoms with Gasteiger partial charge < -0.3 is 10.4 Å². The van der Waals surface area contributed by atoms with Crippen molar-refractivity contribution in [3.05, 3.63) is 33.9 Å². The van der Waals surface area contributed by atoms with E-state index in [1.165, 1.54) is 31.0 Å². The first-order valence-electron chi connectivity index (χ1n) is 6.87. The van der Waals surface area contributed by atoms with Gasteiger partial charge in [0.05, 0.1) is 10.5 Å². The van der Waals surface area contributed by atoms with E-state index >= 15 is 0 Å². The molecule has 1 saturated carbocycles. The van der Waals surface area contributed by atoms with Gasteiger partial charge in [0.15, 0.2) is 0 Å². The van der Waals surface area contributed by atoms with E-state index in [0.29, 0.717) is 0 Å². The topological polar surface area (TPSA) is 92.5 Å². The number of amides is 1. The number of phenols is 1. The summed E-state index contributed by atoms with van der Waals surface area (Å²) in [5, 5.41) is 23.4. The molecular formula is C14H18N2O4. The average molecular weight is 278 g/mol. The Morgan fingerprint density at radius 2 is 1.90 bits per heavy atom. The van der Waals surface area contributed by atoms with Gasteiger partial charge in [-0.3, -0.25) is 14.9 Å². The number of phenolic OH excluding ortho intramolecular Hbond substituents is 1. The predicted molar refractivity (Wildman–Crippen MR) is 73.7 cm³/mol. The van der Waals surface area contributed by atoms with Crippen molar-refractivity contribution in [1.82, 2.24) is 5.32 Å². The largest absolute Gasteiger partial charge is 0.502 e. The zero-order chi connectivity index (χ0) is 14.5. The number of carbonyl (C=O) groups is 1. The number of para-hydroxylation sites is 1. The van der Waals surface area contributed by atoms with Crippen molar-refractivity contribution < 1.29 is 14.8 Å². The second kappa shape index (κ2) is 6.36. The zero-order valence-electron chi connectivity index (χ0n) is 11.2. The van der Waals surface area contributed by atoms with Gasteiger partial charge in [0.2, 0.25) is 5.75 Å². The molecule has 2 N–H and O–H groups in total. The summed E-state index contributed by atoms with van der Waals surface area (Å²) in [6.45, 7) is 0. The van der Waals surface area contributed by atoms with Crippen LogP contribution in [-0.4, -0.2) is 22.0 Å². The molecule has 0 spiro atoms. The van der Waals surface area contributed by atoms with Crippen LogP contribution in [0.1, 0.15) is 48.9 Å². The van der Waals surface area contributed by atoms with Crippen molar-refractivity contribution in [1.29, 1.82) is 0 Å². The number of nitro groups is 1. The van der Waals surface area contributed by atoms with E-state index in [9.17, 15) is 20.0 Å². The quantitative estimate of drug-likeness (QED) is 0.505. The Bertz CT molecular complexity index is 508. The van der Waals surface area contributed by atoms with Gasteiger partial charge >= 0.3 is 5.69 Å². The van der Waals surface area contributed by atoms with Crippen molar-refractivity contribution in [3.8, 4) is 5.75 Å². The molecule has 1 aliphatic rings. The first-order chi connectivity index (χ1) is 9.59. The summed E-state index contributed by atoms with van der Waals surface area (Å²) < 4.78 is 0. The van der Waals surface area contributed by atoms with Gasteiger partial charge in [-0.2, -0.15) is 0 Å². The van der Waals surface area contributed by atoms with E-state index in [1.807, 2.05) is 0 Å². The SMILES string of the molecule is O=C(NC1CCCCCC1)c1cccc([N+](=O)[O-])c1O. The monoisotopic (exact) mass is 278 g/mol. The minimum atomic E-state index is -0.697. The summed E-state index contributed by atoms with van der Waals surface area (Å²) in [4.78, 5) is 22.2. The maximum atomic E-state index is 12.1. The standard InChI is InChI=1S/C14H18N2O4/c17-13-11(8-5-9-12(13)16(19)20)14(18)15-10-6-3-1-2-4-7-10/h5,8-10,17H,1-4,6-7H2,(H,15,18). The summed E-state index contributed by atoms with van der Waals surface area (Å²) >= 11 is 0. The molecule has 1 aromatic rings. The average Bonchev–Trinajstić information content (AvgIpc) is 2.67. The van der Waals surface area contributed by atoms with Crippen LogP contribution >= 0.6 is 0 Å². The number of nitrogens with one attached hydrogen (secondary N) is 1. The zero-order valence-corrected chi connectivity index (χ0v) is 11.2. The molecule has 1 fully saturated rings. The van der Waals surface area contributed by atoms with Crippen molar-refractivity contribution in [2.75, 3.05) is 0 Å². The minimum absolute atomic E-state index is 0.0385. The molecular weight excluding hydrogens is 260 g/mol. The molecule has 0 radical (unpaired) electrons. The highest BCUT2D eigenvalue weighted by Crippen LogP contribution is 2.29. The van der Waals surface area contributed by atoms with E-state index in [-0.39, 0.29) is 11.6 Å². The molecule has 0 bridgehead atoms. The molecule has 0 aromatic heterocycles. The Hall–Kier alpha value is -2.11. The molecule has 108 valence electrons. The van der Waals surface area contributed by atoms with E-state index in [0.717, 1.165) is 25.7 Å². The molecule has 0 atom stereocenters. The van der Waals surface area contributed by atoms with Crippen LogP contribution in [0, 0.1) is 10.1 Å². The maximum absolute atomic E-state index is 12.1. The van der Waals surface area contributed by atoms with E-state index in [1.54, 1.807) is 0 Å². The molecule has 0 unspecified atom stereocenters. The number of hydrogen-bond donors (Lipinski definition) is 2. The van der Waals surface area contributed by atoms with Gasteiger partial charge in [0, 0.05) is 12.1 Å². The normalized spacial score (nSPS) is 16.4. The van der Waals surface area contributed by atoms with Crippen LogP contribution < -0.4 is 5.32 Å². The van der Waals surface area contributed by atoms with Crippen LogP contribution in [0.2, 0.25) is 0 Å². The fraction of sp³-hybridized carbons (Fsp3) is 0.500. The second-order valence-electron chi connectivity index (χ2n) is 5.09. The van der Waals surface area contributed by atoms with Gasteiger partial charge in [0.1, 0.15) is 0 Å². The Labute approximate surface area is 117 Å². The summed E-state index contributed by atoms with van der Waals surface area (Å²) in [6, 6.07) is 4.06. The van der Waals surface area contributed by atoms with Crippen LogP contribution in [0.4, 0.5) is 5.69 Å². The van der Waals surface area contributed by atoms with Gasteiger partial charge in [-0.25, -0.2) is 0 Å². The lowest BCUT2D eigenvalue weighted by molar-refractivity contribution is -0.385. The summed E-state index contributed by atoms with van der Waals surface area (Å²) in [5.41, 5.74) is -0.484. The third kappa shape index (κ3) is 3.26. The summed E-state index contributed by atoms with van der Waals surface area (Å²) in [5.74, 6) is -1.01. The van der Waals surface area contributed by atoms with Gasteiger partial charge in [0.25, 0.3) is 5.91 Å².